The van der Waals surface area contributed by atoms with Crippen molar-refractivity contribution in [3.05, 3.63) is 33.3 Å². The van der Waals surface area contributed by atoms with E-state index in [0.29, 0.717) is 0 Å². The molecule has 0 spiro atoms. The molecule has 1 rings (SSSR count). The predicted molar refractivity (Wildman–Crippen MR) is 55.2 cm³/mol. The highest BCUT2D eigenvalue weighted by atomic mass is 79.9. The number of halogens is 4. The van der Waals surface area contributed by atoms with Crippen molar-refractivity contribution in [1.82, 2.24) is 0 Å². The van der Waals surface area contributed by atoms with Crippen LogP contribution in [-0.4, -0.2) is 13.1 Å². The number of esters is 1. The van der Waals surface area contributed by atoms with Gasteiger partial charge < -0.3 is 4.74 Å². The van der Waals surface area contributed by atoms with E-state index >= 15 is 0 Å². The van der Waals surface area contributed by atoms with Crippen LogP contribution in [0.4, 0.5) is 13.2 Å². The molecule has 0 N–H and O–H groups in total. The maximum atomic E-state index is 12.5. The van der Waals surface area contributed by atoms with E-state index in [1.807, 2.05) is 0 Å². The monoisotopic (exact) mass is 307 g/mol. The van der Waals surface area contributed by atoms with Crippen molar-refractivity contribution in [3.63, 3.8) is 0 Å². The van der Waals surface area contributed by atoms with Crippen LogP contribution >= 0.6 is 15.9 Å². The Morgan fingerprint density at radius 2 is 2.06 bits per heavy atom. The molecule has 0 atom stereocenters. The van der Waals surface area contributed by atoms with Gasteiger partial charge in [0.1, 0.15) is 6.07 Å². The minimum atomic E-state index is -4.60. The molecule has 0 aliphatic rings. The summed E-state index contributed by atoms with van der Waals surface area (Å²) in [6.45, 7) is 0. The summed E-state index contributed by atoms with van der Waals surface area (Å²) in [5.74, 6) is -0.865. The second kappa shape index (κ2) is 4.75. The lowest BCUT2D eigenvalue weighted by Crippen LogP contribution is -2.11. The molecule has 1 aromatic carbocycles. The fourth-order valence-electron chi connectivity index (χ4n) is 1.18. The van der Waals surface area contributed by atoms with Gasteiger partial charge in [0.2, 0.25) is 0 Å². The van der Waals surface area contributed by atoms with Gasteiger partial charge in [-0.05, 0) is 28.1 Å². The minimum Gasteiger partial charge on any atom is -0.465 e. The van der Waals surface area contributed by atoms with Gasteiger partial charge in [-0.3, -0.25) is 0 Å². The number of benzene rings is 1. The third kappa shape index (κ3) is 2.58. The summed E-state index contributed by atoms with van der Waals surface area (Å²) in [6.07, 6.45) is -4.60. The second-order valence-corrected chi connectivity index (χ2v) is 3.74. The normalized spacial score (nSPS) is 10.8. The van der Waals surface area contributed by atoms with Gasteiger partial charge in [0.25, 0.3) is 0 Å². The Morgan fingerprint density at radius 3 is 2.47 bits per heavy atom. The average Bonchev–Trinajstić information content (AvgIpc) is 2.25. The summed E-state index contributed by atoms with van der Waals surface area (Å²) >= 11 is 2.68. The molecule has 7 heteroatoms. The Kier molecular flexibility index (Phi) is 3.78. The summed E-state index contributed by atoms with van der Waals surface area (Å²) in [7, 11) is 1.08. The Morgan fingerprint density at radius 1 is 1.47 bits per heavy atom. The number of nitriles is 1. The van der Waals surface area contributed by atoms with Crippen LogP contribution in [0.15, 0.2) is 16.6 Å². The summed E-state index contributed by atoms with van der Waals surface area (Å²) in [5.41, 5.74) is -1.62. The molecule has 0 radical (unpaired) electrons. The number of methoxy groups -OCH3 is 1. The molecule has 0 fully saturated rings. The van der Waals surface area contributed by atoms with Crippen LogP contribution in [0.5, 0.6) is 0 Å². The Hall–Kier alpha value is -1.55. The average molecular weight is 308 g/mol. The molecule has 1 aromatic rings. The maximum absolute atomic E-state index is 12.5. The van der Waals surface area contributed by atoms with Crippen LogP contribution in [0, 0.1) is 11.3 Å². The molecule has 0 bridgehead atoms. The second-order valence-electron chi connectivity index (χ2n) is 2.95. The fourth-order valence-corrected chi connectivity index (χ4v) is 1.84. The van der Waals surface area contributed by atoms with Crippen molar-refractivity contribution < 1.29 is 22.7 Å². The molecule has 0 heterocycles. The zero-order chi connectivity index (χ0) is 13.2. The molecule has 3 nitrogen and oxygen atoms in total. The van der Waals surface area contributed by atoms with Crippen LogP contribution in [0.1, 0.15) is 21.5 Å². The molecule has 0 aliphatic heterocycles. The van der Waals surface area contributed by atoms with Crippen LogP contribution < -0.4 is 0 Å². The largest absolute Gasteiger partial charge is 0.465 e. The van der Waals surface area contributed by atoms with Crippen molar-refractivity contribution >= 4 is 21.9 Å². The Labute approximate surface area is 103 Å². The lowest BCUT2D eigenvalue weighted by atomic mass is 10.0. The smallest absolute Gasteiger partial charge is 0.417 e. The van der Waals surface area contributed by atoms with Crippen LogP contribution in [0.2, 0.25) is 0 Å². The topological polar surface area (TPSA) is 50.1 Å². The Balaban J connectivity index is 3.50. The Bertz CT molecular complexity index is 505. The first-order chi connectivity index (χ1) is 7.82. The van der Waals surface area contributed by atoms with Gasteiger partial charge in [-0.2, -0.15) is 18.4 Å². The van der Waals surface area contributed by atoms with Crippen molar-refractivity contribution in [2.75, 3.05) is 7.11 Å². The first-order valence-electron chi connectivity index (χ1n) is 4.21. The fraction of sp³-hybridized carbons (Fsp3) is 0.200. The highest BCUT2D eigenvalue weighted by molar-refractivity contribution is 9.10. The van der Waals surface area contributed by atoms with E-state index in [-0.39, 0.29) is 5.56 Å². The standard InChI is InChI=1S/C10H5BrF3NO2/c1-17-9(16)5-2-3-7(10(12,13)14)8(11)6(5)4-15/h2-3H,1H3. The van der Waals surface area contributed by atoms with Gasteiger partial charge in [0, 0.05) is 4.47 Å². The molecule has 0 saturated heterocycles. The highest BCUT2D eigenvalue weighted by Crippen LogP contribution is 2.37. The third-order valence-electron chi connectivity index (χ3n) is 1.96. The molecule has 0 aromatic heterocycles. The van der Waals surface area contributed by atoms with Crippen LogP contribution in [-0.2, 0) is 10.9 Å². The number of hydrogen-bond acceptors (Lipinski definition) is 3. The van der Waals surface area contributed by atoms with E-state index in [1.54, 1.807) is 6.07 Å². The van der Waals surface area contributed by atoms with Gasteiger partial charge >= 0.3 is 12.1 Å². The van der Waals surface area contributed by atoms with E-state index in [9.17, 15) is 18.0 Å². The lowest BCUT2D eigenvalue weighted by molar-refractivity contribution is -0.138. The van der Waals surface area contributed by atoms with Crippen molar-refractivity contribution in [2.45, 2.75) is 6.18 Å². The van der Waals surface area contributed by atoms with E-state index < -0.39 is 27.7 Å². The molecular formula is C10H5BrF3NO2. The first-order valence-corrected chi connectivity index (χ1v) is 5.00. The molecule has 17 heavy (non-hydrogen) atoms. The number of ether oxygens (including phenoxy) is 1. The minimum absolute atomic E-state index is 0.213. The number of alkyl halides is 3. The highest BCUT2D eigenvalue weighted by Gasteiger charge is 2.35. The third-order valence-corrected chi connectivity index (χ3v) is 2.79. The van der Waals surface area contributed by atoms with Gasteiger partial charge in [0.15, 0.2) is 0 Å². The quantitative estimate of drug-likeness (QED) is 0.749. The summed E-state index contributed by atoms with van der Waals surface area (Å²) in [4.78, 5) is 11.2. The summed E-state index contributed by atoms with van der Waals surface area (Å²) < 4.78 is 41.5. The van der Waals surface area contributed by atoms with Gasteiger partial charge in [-0.15, -0.1) is 0 Å². The van der Waals surface area contributed by atoms with Gasteiger partial charge in [0.05, 0.1) is 23.8 Å². The molecule has 0 aliphatic carbocycles. The van der Waals surface area contributed by atoms with Crippen molar-refractivity contribution in [1.29, 1.82) is 5.26 Å². The predicted octanol–water partition coefficient (Wildman–Crippen LogP) is 3.13. The molecule has 0 amide bonds. The lowest BCUT2D eigenvalue weighted by Gasteiger charge is -2.11. The van der Waals surface area contributed by atoms with E-state index in [4.69, 9.17) is 5.26 Å². The number of rotatable bonds is 1. The number of hydrogen-bond donors (Lipinski definition) is 0. The van der Waals surface area contributed by atoms with Gasteiger partial charge in [-0.25, -0.2) is 4.79 Å². The summed E-state index contributed by atoms with van der Waals surface area (Å²) in [6, 6.07) is 3.18. The zero-order valence-corrected chi connectivity index (χ0v) is 10.0. The SMILES string of the molecule is COC(=O)c1ccc(C(F)(F)F)c(Br)c1C#N. The van der Waals surface area contributed by atoms with Gasteiger partial charge in [-0.1, -0.05) is 0 Å². The van der Waals surface area contributed by atoms with E-state index in [0.717, 1.165) is 19.2 Å². The number of carbonyl (C=O) groups is 1. The molecule has 0 saturated carbocycles. The molecule has 90 valence electrons. The first kappa shape index (κ1) is 13.5. The number of nitrogens with zero attached hydrogens (tertiary/aromatic N) is 1. The summed E-state index contributed by atoms with van der Waals surface area (Å²) in [5, 5.41) is 8.78. The van der Waals surface area contributed by atoms with Crippen LogP contribution in [0.25, 0.3) is 0 Å². The molecule has 0 unspecified atom stereocenters. The van der Waals surface area contributed by atoms with Crippen molar-refractivity contribution in [3.8, 4) is 6.07 Å². The van der Waals surface area contributed by atoms with E-state index in [1.165, 1.54) is 0 Å². The van der Waals surface area contributed by atoms with Crippen LogP contribution in [0.3, 0.4) is 0 Å². The van der Waals surface area contributed by atoms with E-state index in [2.05, 4.69) is 20.7 Å². The zero-order valence-electron chi connectivity index (χ0n) is 8.43. The number of carbonyl (C=O) groups excluding carboxylic acids is 1. The molecular weight excluding hydrogens is 303 g/mol. The maximum Gasteiger partial charge on any atom is 0.417 e. The van der Waals surface area contributed by atoms with Crippen molar-refractivity contribution in [2.24, 2.45) is 0 Å².